The van der Waals surface area contributed by atoms with Crippen LogP contribution in [0.4, 0.5) is 13.2 Å². The van der Waals surface area contributed by atoms with Crippen LogP contribution in [-0.2, 0) is 6.42 Å². The Kier molecular flexibility index (Phi) is 6.08. The standard InChI is InChI=1S/C17H15F3N2O2S/c1-2-11-3-5-12(6-4-11)15(23)21-22-16(24)13-7-9-14(10-8-13)25-17(18,19)20/h3-10H,2H2,1H3,(H,21,23)(H,22,24). The Bertz CT molecular complexity index is 744. The van der Waals surface area contributed by atoms with Crippen molar-refractivity contribution >= 4 is 23.6 Å². The molecule has 0 atom stereocenters. The molecule has 0 aliphatic carbocycles. The zero-order valence-electron chi connectivity index (χ0n) is 13.2. The Morgan fingerprint density at radius 1 is 0.880 bits per heavy atom. The van der Waals surface area contributed by atoms with E-state index >= 15 is 0 Å². The largest absolute Gasteiger partial charge is 0.446 e. The predicted molar refractivity (Wildman–Crippen MR) is 89.1 cm³/mol. The fourth-order valence-corrected chi connectivity index (χ4v) is 2.50. The maximum absolute atomic E-state index is 12.3. The van der Waals surface area contributed by atoms with E-state index in [-0.39, 0.29) is 22.2 Å². The van der Waals surface area contributed by atoms with Gasteiger partial charge in [-0.2, -0.15) is 13.2 Å². The van der Waals surface area contributed by atoms with Gasteiger partial charge in [-0.25, -0.2) is 0 Å². The van der Waals surface area contributed by atoms with Crippen molar-refractivity contribution in [2.24, 2.45) is 0 Å². The second kappa shape index (κ2) is 8.06. The molecule has 4 nitrogen and oxygen atoms in total. The molecule has 0 aliphatic rings. The summed E-state index contributed by atoms with van der Waals surface area (Å²) >= 11 is -0.262. The fourth-order valence-electron chi connectivity index (χ4n) is 1.96. The van der Waals surface area contributed by atoms with Crippen molar-refractivity contribution < 1.29 is 22.8 Å². The van der Waals surface area contributed by atoms with Gasteiger partial charge in [0, 0.05) is 16.0 Å². The van der Waals surface area contributed by atoms with Gasteiger partial charge in [-0.1, -0.05) is 19.1 Å². The average molecular weight is 368 g/mol. The quantitative estimate of drug-likeness (QED) is 0.635. The maximum Gasteiger partial charge on any atom is 0.446 e. The normalized spacial score (nSPS) is 11.0. The molecule has 2 aromatic rings. The Hall–Kier alpha value is -2.48. The van der Waals surface area contributed by atoms with E-state index in [9.17, 15) is 22.8 Å². The summed E-state index contributed by atoms with van der Waals surface area (Å²) < 4.78 is 36.8. The van der Waals surface area contributed by atoms with Crippen molar-refractivity contribution in [3.8, 4) is 0 Å². The molecule has 25 heavy (non-hydrogen) atoms. The Labute approximate surface area is 146 Å². The van der Waals surface area contributed by atoms with Gasteiger partial charge in [0.05, 0.1) is 0 Å². The Balaban J connectivity index is 1.91. The van der Waals surface area contributed by atoms with Crippen LogP contribution in [0, 0.1) is 0 Å². The van der Waals surface area contributed by atoms with Gasteiger partial charge in [0.1, 0.15) is 0 Å². The molecule has 0 spiro atoms. The first-order valence-corrected chi connectivity index (χ1v) is 8.15. The molecule has 0 aromatic heterocycles. The number of halogens is 3. The van der Waals surface area contributed by atoms with Gasteiger partial charge in [-0.15, -0.1) is 0 Å². The molecule has 2 amide bonds. The SMILES string of the molecule is CCc1ccc(C(=O)NNC(=O)c2ccc(SC(F)(F)F)cc2)cc1. The first kappa shape index (κ1) is 18.9. The van der Waals surface area contributed by atoms with Gasteiger partial charge in [-0.05, 0) is 60.1 Å². The number of amides is 2. The highest BCUT2D eigenvalue weighted by molar-refractivity contribution is 8.00. The lowest BCUT2D eigenvalue weighted by atomic mass is 10.1. The summed E-state index contributed by atoms with van der Waals surface area (Å²) in [5, 5.41) is 0. The number of hydrogen-bond acceptors (Lipinski definition) is 3. The van der Waals surface area contributed by atoms with E-state index in [0.29, 0.717) is 5.56 Å². The zero-order valence-corrected chi connectivity index (χ0v) is 14.0. The van der Waals surface area contributed by atoms with E-state index in [1.54, 1.807) is 12.1 Å². The van der Waals surface area contributed by atoms with Crippen molar-refractivity contribution in [2.75, 3.05) is 0 Å². The minimum absolute atomic E-state index is 0.0240. The van der Waals surface area contributed by atoms with Crippen molar-refractivity contribution in [2.45, 2.75) is 23.7 Å². The topological polar surface area (TPSA) is 58.2 Å². The number of aryl methyl sites for hydroxylation is 1. The lowest BCUT2D eigenvalue weighted by molar-refractivity contribution is -0.0328. The highest BCUT2D eigenvalue weighted by Gasteiger charge is 2.29. The van der Waals surface area contributed by atoms with Crippen LogP contribution < -0.4 is 10.9 Å². The second-order valence-electron chi connectivity index (χ2n) is 5.03. The van der Waals surface area contributed by atoms with Crippen LogP contribution in [0.2, 0.25) is 0 Å². The van der Waals surface area contributed by atoms with E-state index in [4.69, 9.17) is 0 Å². The van der Waals surface area contributed by atoms with Crippen molar-refractivity contribution in [3.05, 3.63) is 65.2 Å². The summed E-state index contributed by atoms with van der Waals surface area (Å²) in [6, 6.07) is 11.8. The molecule has 0 radical (unpaired) electrons. The molecule has 0 fully saturated rings. The summed E-state index contributed by atoms with van der Waals surface area (Å²) in [6.45, 7) is 1.99. The van der Waals surface area contributed by atoms with Gasteiger partial charge >= 0.3 is 5.51 Å². The number of carbonyl (C=O) groups excluding carboxylic acids is 2. The monoisotopic (exact) mass is 368 g/mol. The number of alkyl halides is 3. The van der Waals surface area contributed by atoms with E-state index in [0.717, 1.165) is 12.0 Å². The Morgan fingerprint density at radius 3 is 1.72 bits per heavy atom. The number of nitrogens with one attached hydrogen (secondary N) is 2. The van der Waals surface area contributed by atoms with Gasteiger partial charge in [0.15, 0.2) is 0 Å². The van der Waals surface area contributed by atoms with E-state index < -0.39 is 17.3 Å². The summed E-state index contributed by atoms with van der Waals surface area (Å²) in [6.07, 6.45) is 0.848. The van der Waals surface area contributed by atoms with E-state index in [1.807, 2.05) is 19.1 Å². The third-order valence-electron chi connectivity index (χ3n) is 3.26. The van der Waals surface area contributed by atoms with Crippen LogP contribution >= 0.6 is 11.8 Å². The van der Waals surface area contributed by atoms with Gasteiger partial charge in [0.25, 0.3) is 11.8 Å². The third-order valence-corrected chi connectivity index (χ3v) is 4.00. The second-order valence-corrected chi connectivity index (χ2v) is 6.17. The van der Waals surface area contributed by atoms with Gasteiger partial charge in [-0.3, -0.25) is 20.4 Å². The number of hydrazine groups is 1. The molecule has 132 valence electrons. The molecule has 2 rings (SSSR count). The smallest absolute Gasteiger partial charge is 0.267 e. The first-order valence-electron chi connectivity index (χ1n) is 7.34. The van der Waals surface area contributed by atoms with Crippen LogP contribution in [0.5, 0.6) is 0 Å². The molecule has 2 aromatic carbocycles. The number of rotatable bonds is 4. The maximum atomic E-state index is 12.3. The minimum Gasteiger partial charge on any atom is -0.267 e. The van der Waals surface area contributed by atoms with Crippen molar-refractivity contribution in [1.29, 1.82) is 0 Å². The van der Waals surface area contributed by atoms with Crippen LogP contribution in [-0.4, -0.2) is 17.3 Å². The van der Waals surface area contributed by atoms with Crippen LogP contribution in [0.25, 0.3) is 0 Å². The van der Waals surface area contributed by atoms with Crippen LogP contribution in [0.15, 0.2) is 53.4 Å². The first-order chi connectivity index (χ1) is 11.8. The number of benzene rings is 2. The van der Waals surface area contributed by atoms with Gasteiger partial charge in [0.2, 0.25) is 0 Å². The fraction of sp³-hybridized carbons (Fsp3) is 0.176. The summed E-state index contributed by atoms with van der Waals surface area (Å²) in [5.74, 6) is -1.11. The molecule has 8 heteroatoms. The molecule has 0 aliphatic heterocycles. The Morgan fingerprint density at radius 2 is 1.32 bits per heavy atom. The number of carbonyl (C=O) groups is 2. The highest BCUT2D eigenvalue weighted by Crippen LogP contribution is 2.36. The molecule has 0 heterocycles. The van der Waals surface area contributed by atoms with Crippen molar-refractivity contribution in [1.82, 2.24) is 10.9 Å². The molecular formula is C17H15F3N2O2S. The highest BCUT2D eigenvalue weighted by atomic mass is 32.2. The molecule has 2 N–H and O–H groups in total. The van der Waals surface area contributed by atoms with Crippen LogP contribution in [0.1, 0.15) is 33.2 Å². The van der Waals surface area contributed by atoms with Gasteiger partial charge < -0.3 is 0 Å². The summed E-state index contributed by atoms with van der Waals surface area (Å²) in [4.78, 5) is 23.8. The zero-order chi connectivity index (χ0) is 18.4. The summed E-state index contributed by atoms with van der Waals surface area (Å²) in [5.41, 5.74) is 1.70. The summed E-state index contributed by atoms with van der Waals surface area (Å²) in [7, 11) is 0. The number of hydrogen-bond donors (Lipinski definition) is 2. The average Bonchev–Trinajstić information content (AvgIpc) is 2.58. The molecular weight excluding hydrogens is 353 g/mol. The van der Waals surface area contributed by atoms with Crippen molar-refractivity contribution in [3.63, 3.8) is 0 Å². The lowest BCUT2D eigenvalue weighted by Crippen LogP contribution is -2.41. The lowest BCUT2D eigenvalue weighted by Gasteiger charge is -2.09. The van der Waals surface area contributed by atoms with E-state index in [2.05, 4.69) is 10.9 Å². The molecule has 0 bridgehead atoms. The number of thioether (sulfide) groups is 1. The van der Waals surface area contributed by atoms with Crippen LogP contribution in [0.3, 0.4) is 0 Å². The molecule has 0 unspecified atom stereocenters. The minimum atomic E-state index is -4.38. The molecule has 0 saturated heterocycles. The predicted octanol–water partition coefficient (Wildman–Crippen LogP) is 3.94. The third kappa shape index (κ3) is 5.82. The molecule has 0 saturated carbocycles. The van der Waals surface area contributed by atoms with E-state index in [1.165, 1.54) is 24.3 Å².